The molecule has 5 nitrogen and oxygen atoms in total. The number of hydrogen-bond acceptors (Lipinski definition) is 6. The Labute approximate surface area is 123 Å². The van der Waals surface area contributed by atoms with Gasteiger partial charge in [0.05, 0.1) is 0 Å². The lowest BCUT2D eigenvalue weighted by molar-refractivity contribution is 0.705. The molecule has 0 atom stereocenters. The molecule has 1 saturated heterocycles. The van der Waals surface area contributed by atoms with E-state index in [1.165, 1.54) is 11.3 Å². The highest BCUT2D eigenvalue weighted by molar-refractivity contribution is 7.99. The van der Waals surface area contributed by atoms with Crippen LogP contribution in [0, 0.1) is 4.77 Å². The average Bonchev–Trinajstić information content (AvgIpc) is 2.84. The maximum absolute atomic E-state index is 12.3. The summed E-state index contributed by atoms with van der Waals surface area (Å²) in [6, 6.07) is 0. The van der Waals surface area contributed by atoms with E-state index in [1.807, 2.05) is 18.7 Å². The Kier molecular flexibility index (Phi) is 3.64. The van der Waals surface area contributed by atoms with Gasteiger partial charge in [-0.05, 0) is 19.1 Å². The highest BCUT2D eigenvalue weighted by Crippen LogP contribution is 2.27. The van der Waals surface area contributed by atoms with Crippen molar-refractivity contribution in [2.75, 3.05) is 29.5 Å². The van der Waals surface area contributed by atoms with Gasteiger partial charge in [0.1, 0.15) is 4.70 Å². The van der Waals surface area contributed by atoms with Gasteiger partial charge in [0.15, 0.2) is 15.5 Å². The Balaban J connectivity index is 2.12. The fourth-order valence-corrected chi connectivity index (χ4v) is 4.33. The van der Waals surface area contributed by atoms with Crippen molar-refractivity contribution >= 4 is 50.8 Å². The zero-order valence-corrected chi connectivity index (χ0v) is 13.0. The fourth-order valence-electron chi connectivity index (χ4n) is 2.10. The SMILES string of the molecule is CCn1c(=S)[nH]c2nc(N3CCSCC3)sc2c1=O. The molecule has 8 heteroatoms. The number of aromatic nitrogens is 3. The van der Waals surface area contributed by atoms with Gasteiger partial charge in [0.2, 0.25) is 0 Å². The Morgan fingerprint density at radius 2 is 2.16 bits per heavy atom. The van der Waals surface area contributed by atoms with E-state index >= 15 is 0 Å². The van der Waals surface area contributed by atoms with Crippen LogP contribution in [0.3, 0.4) is 0 Å². The summed E-state index contributed by atoms with van der Waals surface area (Å²) in [7, 11) is 0. The summed E-state index contributed by atoms with van der Waals surface area (Å²) < 4.78 is 2.70. The maximum atomic E-state index is 12.3. The van der Waals surface area contributed by atoms with Crippen molar-refractivity contribution in [3.8, 4) is 0 Å². The number of fused-ring (bicyclic) bond motifs is 1. The molecule has 0 radical (unpaired) electrons. The van der Waals surface area contributed by atoms with Crippen LogP contribution in [0.2, 0.25) is 0 Å². The predicted octanol–water partition coefficient (Wildman–Crippen LogP) is 2.09. The second-order valence-electron chi connectivity index (χ2n) is 4.25. The third kappa shape index (κ3) is 2.32. The number of hydrogen-bond donors (Lipinski definition) is 1. The minimum Gasteiger partial charge on any atom is -0.346 e. The Morgan fingerprint density at radius 3 is 2.84 bits per heavy atom. The van der Waals surface area contributed by atoms with Crippen LogP contribution in [-0.2, 0) is 6.54 Å². The topological polar surface area (TPSA) is 53.9 Å². The Hall–Kier alpha value is -0.860. The third-order valence-electron chi connectivity index (χ3n) is 3.12. The van der Waals surface area contributed by atoms with Crippen LogP contribution in [0.1, 0.15) is 6.92 Å². The Morgan fingerprint density at radius 1 is 1.42 bits per heavy atom. The lowest BCUT2D eigenvalue weighted by Crippen LogP contribution is -2.32. The number of thiazole rings is 1. The summed E-state index contributed by atoms with van der Waals surface area (Å²) in [5.41, 5.74) is 0.592. The standard InChI is InChI=1S/C11H14N4OS3/c1-2-15-9(16)7-8(12-10(15)17)13-11(19-7)14-3-5-18-6-4-14/h2-6H2,1H3,(H,12,17). The van der Waals surface area contributed by atoms with Gasteiger partial charge in [0, 0.05) is 31.1 Å². The molecule has 0 saturated carbocycles. The zero-order chi connectivity index (χ0) is 13.4. The molecule has 1 fully saturated rings. The first-order chi connectivity index (χ1) is 9.20. The van der Waals surface area contributed by atoms with E-state index in [1.54, 1.807) is 4.57 Å². The third-order valence-corrected chi connectivity index (χ3v) is 5.49. The molecule has 2 aromatic rings. The van der Waals surface area contributed by atoms with E-state index in [0.717, 1.165) is 29.7 Å². The van der Waals surface area contributed by atoms with E-state index in [0.29, 0.717) is 21.7 Å². The monoisotopic (exact) mass is 314 g/mol. The van der Waals surface area contributed by atoms with Crippen LogP contribution in [0.4, 0.5) is 5.13 Å². The number of H-pyrrole nitrogens is 1. The molecule has 1 N–H and O–H groups in total. The van der Waals surface area contributed by atoms with E-state index in [-0.39, 0.29) is 5.56 Å². The van der Waals surface area contributed by atoms with E-state index in [9.17, 15) is 4.79 Å². The lowest BCUT2D eigenvalue weighted by Gasteiger charge is -2.25. The molecule has 3 heterocycles. The fraction of sp³-hybridized carbons (Fsp3) is 0.545. The summed E-state index contributed by atoms with van der Waals surface area (Å²) in [6.45, 7) is 4.48. The summed E-state index contributed by atoms with van der Waals surface area (Å²) >= 11 is 8.61. The number of aromatic amines is 1. The van der Waals surface area contributed by atoms with Crippen LogP contribution in [0.15, 0.2) is 4.79 Å². The van der Waals surface area contributed by atoms with Gasteiger partial charge in [-0.1, -0.05) is 11.3 Å². The highest BCUT2D eigenvalue weighted by Gasteiger charge is 2.17. The Bertz CT molecular complexity index is 711. The molecular weight excluding hydrogens is 300 g/mol. The van der Waals surface area contributed by atoms with E-state index in [2.05, 4.69) is 14.9 Å². The molecule has 0 amide bonds. The molecule has 1 aliphatic rings. The number of anilines is 1. The van der Waals surface area contributed by atoms with Gasteiger partial charge in [-0.25, -0.2) is 4.98 Å². The van der Waals surface area contributed by atoms with E-state index < -0.39 is 0 Å². The van der Waals surface area contributed by atoms with Crippen LogP contribution in [0.25, 0.3) is 10.3 Å². The molecule has 0 bridgehead atoms. The quantitative estimate of drug-likeness (QED) is 0.860. The summed E-state index contributed by atoms with van der Waals surface area (Å²) in [5, 5.41) is 0.923. The molecule has 3 rings (SSSR count). The van der Waals surface area contributed by atoms with Crippen molar-refractivity contribution in [2.45, 2.75) is 13.5 Å². The van der Waals surface area contributed by atoms with Crippen molar-refractivity contribution in [2.24, 2.45) is 0 Å². The number of nitrogens with one attached hydrogen (secondary N) is 1. The summed E-state index contributed by atoms with van der Waals surface area (Å²) in [5.74, 6) is 2.23. The van der Waals surface area contributed by atoms with Crippen LogP contribution < -0.4 is 10.5 Å². The van der Waals surface area contributed by atoms with Crippen LogP contribution in [0.5, 0.6) is 0 Å². The predicted molar refractivity (Wildman–Crippen MR) is 84.3 cm³/mol. The minimum atomic E-state index is -0.0311. The summed E-state index contributed by atoms with van der Waals surface area (Å²) in [4.78, 5) is 22.1. The largest absolute Gasteiger partial charge is 0.346 e. The second-order valence-corrected chi connectivity index (χ2v) is 6.84. The highest BCUT2D eigenvalue weighted by atomic mass is 32.2. The first kappa shape index (κ1) is 13.1. The van der Waals surface area contributed by atoms with Crippen molar-refractivity contribution in [1.82, 2.24) is 14.5 Å². The van der Waals surface area contributed by atoms with E-state index in [4.69, 9.17) is 12.2 Å². The van der Waals surface area contributed by atoms with Crippen molar-refractivity contribution in [3.63, 3.8) is 0 Å². The van der Waals surface area contributed by atoms with Gasteiger partial charge >= 0.3 is 0 Å². The lowest BCUT2D eigenvalue weighted by atomic mass is 10.5. The van der Waals surface area contributed by atoms with Gasteiger partial charge in [-0.15, -0.1) is 0 Å². The zero-order valence-electron chi connectivity index (χ0n) is 10.5. The average molecular weight is 314 g/mol. The molecule has 102 valence electrons. The summed E-state index contributed by atoms with van der Waals surface area (Å²) in [6.07, 6.45) is 0. The normalized spacial score (nSPS) is 16.2. The van der Waals surface area contributed by atoms with Gasteiger partial charge in [-0.3, -0.25) is 9.36 Å². The maximum Gasteiger partial charge on any atom is 0.274 e. The first-order valence-electron chi connectivity index (χ1n) is 6.17. The molecule has 0 spiro atoms. The second kappa shape index (κ2) is 5.26. The van der Waals surface area contributed by atoms with Crippen molar-refractivity contribution < 1.29 is 0 Å². The molecule has 1 aliphatic heterocycles. The van der Waals surface area contributed by atoms with Crippen LogP contribution >= 0.6 is 35.3 Å². The number of nitrogens with zero attached hydrogens (tertiary/aromatic N) is 3. The molecule has 19 heavy (non-hydrogen) atoms. The molecule has 0 aromatic carbocycles. The molecular formula is C11H14N4OS3. The smallest absolute Gasteiger partial charge is 0.274 e. The van der Waals surface area contributed by atoms with Crippen LogP contribution in [-0.4, -0.2) is 39.1 Å². The number of thioether (sulfide) groups is 1. The first-order valence-corrected chi connectivity index (χ1v) is 8.55. The minimum absolute atomic E-state index is 0.0311. The van der Waals surface area contributed by atoms with Gasteiger partial charge in [0.25, 0.3) is 5.56 Å². The molecule has 0 aliphatic carbocycles. The number of rotatable bonds is 2. The van der Waals surface area contributed by atoms with Gasteiger partial charge < -0.3 is 9.88 Å². The molecule has 0 unspecified atom stereocenters. The van der Waals surface area contributed by atoms with Crippen molar-refractivity contribution in [3.05, 3.63) is 15.1 Å². The van der Waals surface area contributed by atoms with Gasteiger partial charge in [-0.2, -0.15) is 11.8 Å². The van der Waals surface area contributed by atoms with Crippen molar-refractivity contribution in [1.29, 1.82) is 0 Å². The molecule has 2 aromatic heterocycles.